The van der Waals surface area contributed by atoms with Crippen LogP contribution in [0.25, 0.3) is 0 Å². The maximum absolute atomic E-state index is 3.60. The zero-order valence-corrected chi connectivity index (χ0v) is 14.7. The monoisotopic (exact) mass is 349 g/mol. The fraction of sp³-hybridized carbons (Fsp3) is 0.294. The zero-order valence-electron chi connectivity index (χ0n) is 12.3. The van der Waals surface area contributed by atoms with Crippen LogP contribution in [0.3, 0.4) is 0 Å². The second kappa shape index (κ2) is 6.79. The van der Waals surface area contributed by atoms with Crippen LogP contribution in [0, 0.1) is 13.8 Å². The summed E-state index contributed by atoms with van der Waals surface area (Å²) in [4.78, 5) is 1.30. The van der Waals surface area contributed by atoms with E-state index >= 15 is 0 Å². The van der Waals surface area contributed by atoms with E-state index in [1.807, 2.05) is 7.05 Å². The molecule has 0 amide bonds. The van der Waals surface area contributed by atoms with Gasteiger partial charge in [-0.2, -0.15) is 0 Å². The standard InChI is InChI=1S/C17H20BrNS/c1-11-10-16(18)12(2)9-15(11)17(19-3)13-5-7-14(20-4)8-6-13/h5-10,17,19H,1-4H3. The van der Waals surface area contributed by atoms with Crippen molar-refractivity contribution in [3.63, 3.8) is 0 Å². The lowest BCUT2D eigenvalue weighted by atomic mass is 9.94. The SMILES string of the molecule is CNC(c1ccc(SC)cc1)c1cc(C)c(Br)cc1C. The molecule has 0 spiro atoms. The number of hydrogen-bond acceptors (Lipinski definition) is 2. The Morgan fingerprint density at radius 3 is 2.25 bits per heavy atom. The predicted octanol–water partition coefficient (Wildman–Crippen LogP) is 5.10. The Morgan fingerprint density at radius 2 is 1.70 bits per heavy atom. The van der Waals surface area contributed by atoms with Crippen molar-refractivity contribution >= 4 is 27.7 Å². The highest BCUT2D eigenvalue weighted by atomic mass is 79.9. The lowest BCUT2D eigenvalue weighted by Crippen LogP contribution is -2.18. The summed E-state index contributed by atoms with van der Waals surface area (Å²) in [6, 6.07) is 13.5. The molecule has 106 valence electrons. The lowest BCUT2D eigenvalue weighted by molar-refractivity contribution is 0.686. The smallest absolute Gasteiger partial charge is 0.0577 e. The molecular formula is C17H20BrNS. The number of rotatable bonds is 4. The van der Waals surface area contributed by atoms with Gasteiger partial charge in [0.2, 0.25) is 0 Å². The molecule has 2 rings (SSSR count). The summed E-state index contributed by atoms with van der Waals surface area (Å²) in [6.45, 7) is 4.30. The lowest BCUT2D eigenvalue weighted by Gasteiger charge is -2.21. The number of halogens is 1. The van der Waals surface area contributed by atoms with Gasteiger partial charge in [-0.3, -0.25) is 0 Å². The third kappa shape index (κ3) is 3.27. The molecule has 0 bridgehead atoms. The van der Waals surface area contributed by atoms with Crippen LogP contribution in [0.1, 0.15) is 28.3 Å². The van der Waals surface area contributed by atoms with Crippen molar-refractivity contribution in [2.75, 3.05) is 13.3 Å². The third-order valence-electron chi connectivity index (χ3n) is 3.60. The molecule has 0 aliphatic carbocycles. The van der Waals surface area contributed by atoms with E-state index in [1.54, 1.807) is 11.8 Å². The Hall–Kier alpha value is -0.770. The molecule has 0 aromatic heterocycles. The molecule has 3 heteroatoms. The quantitative estimate of drug-likeness (QED) is 0.770. The molecule has 0 saturated carbocycles. The van der Waals surface area contributed by atoms with Crippen molar-refractivity contribution in [3.8, 4) is 0 Å². The molecule has 1 unspecified atom stereocenters. The molecule has 20 heavy (non-hydrogen) atoms. The Kier molecular flexibility index (Phi) is 5.30. The Morgan fingerprint density at radius 1 is 1.05 bits per heavy atom. The second-order valence-corrected chi connectivity index (χ2v) is 6.69. The summed E-state index contributed by atoms with van der Waals surface area (Å²) in [6.07, 6.45) is 2.10. The summed E-state index contributed by atoms with van der Waals surface area (Å²) in [5.41, 5.74) is 5.21. The molecule has 1 N–H and O–H groups in total. The minimum atomic E-state index is 0.234. The molecule has 2 aromatic carbocycles. The van der Waals surface area contributed by atoms with Gasteiger partial charge in [-0.05, 0) is 67.6 Å². The largest absolute Gasteiger partial charge is 0.309 e. The van der Waals surface area contributed by atoms with Gasteiger partial charge in [-0.15, -0.1) is 11.8 Å². The Bertz CT molecular complexity index is 593. The Labute approximate surface area is 134 Å². The van der Waals surface area contributed by atoms with E-state index in [0.717, 1.165) is 0 Å². The van der Waals surface area contributed by atoms with Gasteiger partial charge < -0.3 is 5.32 Å². The van der Waals surface area contributed by atoms with Crippen LogP contribution in [0.4, 0.5) is 0 Å². The molecule has 0 saturated heterocycles. The van der Waals surface area contributed by atoms with Crippen LogP contribution in [-0.2, 0) is 0 Å². The van der Waals surface area contributed by atoms with Crippen molar-refractivity contribution in [3.05, 3.63) is 63.1 Å². The van der Waals surface area contributed by atoms with Gasteiger partial charge >= 0.3 is 0 Å². The Balaban J connectivity index is 2.43. The van der Waals surface area contributed by atoms with Crippen molar-refractivity contribution in [2.24, 2.45) is 0 Å². The van der Waals surface area contributed by atoms with Gasteiger partial charge in [-0.25, -0.2) is 0 Å². The van der Waals surface area contributed by atoms with Crippen LogP contribution in [-0.4, -0.2) is 13.3 Å². The van der Waals surface area contributed by atoms with E-state index in [1.165, 1.54) is 31.6 Å². The molecule has 0 aliphatic heterocycles. The highest BCUT2D eigenvalue weighted by molar-refractivity contribution is 9.10. The maximum atomic E-state index is 3.60. The molecular weight excluding hydrogens is 330 g/mol. The minimum Gasteiger partial charge on any atom is -0.309 e. The first kappa shape index (κ1) is 15.6. The maximum Gasteiger partial charge on any atom is 0.0577 e. The average Bonchev–Trinajstić information content (AvgIpc) is 2.46. The van der Waals surface area contributed by atoms with Crippen LogP contribution in [0.2, 0.25) is 0 Å². The van der Waals surface area contributed by atoms with Crippen molar-refractivity contribution in [2.45, 2.75) is 24.8 Å². The molecule has 0 heterocycles. The van der Waals surface area contributed by atoms with Gasteiger partial charge in [-0.1, -0.05) is 34.1 Å². The van der Waals surface area contributed by atoms with Crippen LogP contribution in [0.5, 0.6) is 0 Å². The predicted molar refractivity (Wildman–Crippen MR) is 92.7 cm³/mol. The van der Waals surface area contributed by atoms with Crippen LogP contribution >= 0.6 is 27.7 Å². The van der Waals surface area contributed by atoms with E-state index in [2.05, 4.69) is 77.7 Å². The number of hydrogen-bond donors (Lipinski definition) is 1. The summed E-state index contributed by atoms with van der Waals surface area (Å²) in [5.74, 6) is 0. The summed E-state index contributed by atoms with van der Waals surface area (Å²) in [5, 5.41) is 3.44. The van der Waals surface area contributed by atoms with Crippen molar-refractivity contribution in [1.82, 2.24) is 5.32 Å². The second-order valence-electron chi connectivity index (χ2n) is 4.95. The van der Waals surface area contributed by atoms with Gasteiger partial charge in [0.15, 0.2) is 0 Å². The van der Waals surface area contributed by atoms with Gasteiger partial charge in [0.1, 0.15) is 0 Å². The average molecular weight is 350 g/mol. The fourth-order valence-corrected chi connectivity index (χ4v) is 3.28. The first-order chi connectivity index (χ1) is 9.56. The number of nitrogens with one attached hydrogen (secondary N) is 1. The highest BCUT2D eigenvalue weighted by Crippen LogP contribution is 2.30. The van der Waals surface area contributed by atoms with E-state index in [-0.39, 0.29) is 6.04 Å². The molecule has 0 fully saturated rings. The molecule has 1 atom stereocenters. The first-order valence-electron chi connectivity index (χ1n) is 6.64. The van der Waals surface area contributed by atoms with E-state index < -0.39 is 0 Å². The summed E-state index contributed by atoms with van der Waals surface area (Å²) >= 11 is 5.38. The first-order valence-corrected chi connectivity index (χ1v) is 8.66. The van der Waals surface area contributed by atoms with Gasteiger partial charge in [0.05, 0.1) is 6.04 Å². The van der Waals surface area contributed by atoms with Crippen molar-refractivity contribution < 1.29 is 0 Å². The van der Waals surface area contributed by atoms with Gasteiger partial charge in [0, 0.05) is 9.37 Å². The van der Waals surface area contributed by atoms with E-state index in [9.17, 15) is 0 Å². The van der Waals surface area contributed by atoms with E-state index in [4.69, 9.17) is 0 Å². The molecule has 1 nitrogen and oxygen atoms in total. The molecule has 0 radical (unpaired) electrons. The summed E-state index contributed by atoms with van der Waals surface area (Å²) < 4.78 is 1.17. The fourth-order valence-electron chi connectivity index (χ4n) is 2.41. The zero-order chi connectivity index (χ0) is 14.7. The van der Waals surface area contributed by atoms with Crippen molar-refractivity contribution in [1.29, 1.82) is 0 Å². The third-order valence-corrected chi connectivity index (χ3v) is 5.19. The van der Waals surface area contributed by atoms with Crippen LogP contribution in [0.15, 0.2) is 45.8 Å². The number of thioether (sulfide) groups is 1. The highest BCUT2D eigenvalue weighted by Gasteiger charge is 2.15. The van der Waals surface area contributed by atoms with E-state index in [0.29, 0.717) is 0 Å². The minimum absolute atomic E-state index is 0.234. The molecule has 2 aromatic rings. The van der Waals surface area contributed by atoms with Gasteiger partial charge in [0.25, 0.3) is 0 Å². The summed E-state index contributed by atoms with van der Waals surface area (Å²) in [7, 11) is 2.02. The normalized spacial score (nSPS) is 12.4. The molecule has 0 aliphatic rings. The number of benzene rings is 2. The van der Waals surface area contributed by atoms with Crippen LogP contribution < -0.4 is 5.32 Å². The number of aryl methyl sites for hydroxylation is 2. The topological polar surface area (TPSA) is 12.0 Å².